The van der Waals surface area contributed by atoms with Crippen LogP contribution in [0.5, 0.6) is 0 Å². The number of ether oxygens (including phenoxy) is 1. The fraction of sp³-hybridized carbons (Fsp3) is 0.706. The number of fused-ring (bicyclic) bond motifs is 1. The first-order chi connectivity index (χ1) is 11.3. The Morgan fingerprint density at radius 1 is 1.22 bits per heavy atom. The van der Waals surface area contributed by atoms with Gasteiger partial charge in [-0.15, -0.1) is 11.3 Å². The van der Waals surface area contributed by atoms with Crippen LogP contribution in [0.1, 0.15) is 22.5 Å². The van der Waals surface area contributed by atoms with Crippen molar-refractivity contribution in [2.24, 2.45) is 0 Å². The van der Waals surface area contributed by atoms with Crippen LogP contribution in [0.25, 0.3) is 0 Å². The summed E-state index contributed by atoms with van der Waals surface area (Å²) in [7, 11) is 0. The van der Waals surface area contributed by atoms with Gasteiger partial charge in [0.25, 0.3) is 5.91 Å². The Bertz CT molecular complexity index is 530. The van der Waals surface area contributed by atoms with Crippen LogP contribution in [0.2, 0.25) is 0 Å². The van der Waals surface area contributed by atoms with E-state index < -0.39 is 0 Å². The Morgan fingerprint density at radius 3 is 2.87 bits per heavy atom. The Labute approximate surface area is 141 Å². The third-order valence-corrected chi connectivity index (χ3v) is 6.20. The highest BCUT2D eigenvalue weighted by molar-refractivity contribution is 7.12. The van der Waals surface area contributed by atoms with Gasteiger partial charge in [0.05, 0.1) is 23.6 Å². The first-order valence-corrected chi connectivity index (χ1v) is 9.60. The third-order valence-electron chi connectivity index (χ3n) is 5.34. The second-order valence-electron chi connectivity index (χ2n) is 6.75. The van der Waals surface area contributed by atoms with Crippen LogP contribution in [0.3, 0.4) is 0 Å². The number of likely N-dealkylation sites (tertiary alicyclic amines) is 2. The van der Waals surface area contributed by atoms with Crippen molar-refractivity contribution >= 4 is 17.2 Å². The monoisotopic (exact) mass is 335 g/mol. The lowest BCUT2D eigenvalue weighted by molar-refractivity contribution is -0.0487. The van der Waals surface area contributed by atoms with Crippen LogP contribution in [-0.4, -0.2) is 85.2 Å². The Hall–Kier alpha value is -0.950. The summed E-state index contributed by atoms with van der Waals surface area (Å²) in [6.07, 6.45) is 2.88. The normalized spacial score (nSPS) is 29.1. The smallest absolute Gasteiger partial charge is 0.264 e. The van der Waals surface area contributed by atoms with Crippen molar-refractivity contribution in [1.29, 1.82) is 0 Å². The number of hydrogen-bond donors (Lipinski definition) is 0. The third kappa shape index (κ3) is 3.31. The molecular formula is C17H25N3O2S. The minimum absolute atomic E-state index is 0.164. The molecule has 3 saturated heterocycles. The van der Waals surface area contributed by atoms with Gasteiger partial charge in [0.15, 0.2) is 0 Å². The standard InChI is InChI=1S/C17H25N3O2S/c21-17(16-4-3-11-23-16)20-12-14-15(13-20)22-10-9-19(14)8-7-18-5-1-2-6-18/h3-4,11,14-15H,1-2,5-10,12-13H2/t14-,15+/m1/s1. The van der Waals surface area contributed by atoms with Crippen LogP contribution in [0.4, 0.5) is 0 Å². The number of amides is 1. The van der Waals surface area contributed by atoms with E-state index in [1.54, 1.807) is 0 Å². The summed E-state index contributed by atoms with van der Waals surface area (Å²) in [5.74, 6) is 0.164. The van der Waals surface area contributed by atoms with E-state index in [1.165, 1.54) is 37.3 Å². The molecule has 4 rings (SSSR count). The fourth-order valence-corrected chi connectivity index (χ4v) is 4.72. The van der Waals surface area contributed by atoms with E-state index in [0.29, 0.717) is 6.04 Å². The zero-order valence-electron chi connectivity index (χ0n) is 13.5. The van der Waals surface area contributed by atoms with Gasteiger partial charge in [0.2, 0.25) is 0 Å². The molecule has 0 bridgehead atoms. The molecule has 0 N–H and O–H groups in total. The maximum atomic E-state index is 12.6. The van der Waals surface area contributed by atoms with Crippen LogP contribution >= 0.6 is 11.3 Å². The second kappa shape index (κ2) is 6.89. The van der Waals surface area contributed by atoms with E-state index >= 15 is 0 Å². The Kier molecular flexibility index (Phi) is 4.66. The molecule has 0 aromatic carbocycles. The molecule has 3 aliphatic heterocycles. The maximum absolute atomic E-state index is 12.6. The molecule has 1 aromatic heterocycles. The molecule has 1 aromatic rings. The van der Waals surface area contributed by atoms with Crippen molar-refractivity contribution in [3.05, 3.63) is 22.4 Å². The number of hydrogen-bond acceptors (Lipinski definition) is 5. The van der Waals surface area contributed by atoms with Gasteiger partial charge in [-0.1, -0.05) is 6.07 Å². The summed E-state index contributed by atoms with van der Waals surface area (Å²) in [5, 5.41) is 1.97. The second-order valence-corrected chi connectivity index (χ2v) is 7.70. The van der Waals surface area contributed by atoms with Gasteiger partial charge in [-0.25, -0.2) is 0 Å². The summed E-state index contributed by atoms with van der Waals surface area (Å²) in [6.45, 7) is 8.09. The average Bonchev–Trinajstić information content (AvgIpc) is 3.33. The number of nitrogens with zero attached hydrogens (tertiary/aromatic N) is 3. The zero-order valence-corrected chi connectivity index (χ0v) is 14.3. The Morgan fingerprint density at radius 2 is 2.09 bits per heavy atom. The molecule has 2 atom stereocenters. The number of carbonyl (C=O) groups is 1. The number of thiophene rings is 1. The minimum atomic E-state index is 0.164. The predicted octanol–water partition coefficient (Wildman–Crippen LogP) is 1.37. The topological polar surface area (TPSA) is 36.0 Å². The lowest BCUT2D eigenvalue weighted by atomic mass is 10.1. The van der Waals surface area contributed by atoms with Gasteiger partial charge in [-0.2, -0.15) is 0 Å². The fourth-order valence-electron chi connectivity index (χ4n) is 4.03. The molecule has 1 amide bonds. The predicted molar refractivity (Wildman–Crippen MR) is 91.0 cm³/mol. The summed E-state index contributed by atoms with van der Waals surface area (Å²) in [4.78, 5) is 20.5. The van der Waals surface area contributed by atoms with E-state index in [-0.39, 0.29) is 12.0 Å². The SMILES string of the molecule is O=C(c1cccs1)N1C[C@@H]2OCCN(CCN3CCCC3)[C@@H]2C1. The number of morpholine rings is 1. The summed E-state index contributed by atoms with van der Waals surface area (Å²) >= 11 is 1.53. The summed E-state index contributed by atoms with van der Waals surface area (Å²) in [6, 6.07) is 4.23. The minimum Gasteiger partial charge on any atom is -0.373 e. The Balaban J connectivity index is 1.37. The first kappa shape index (κ1) is 15.6. The molecule has 4 heterocycles. The molecule has 126 valence electrons. The molecule has 5 nitrogen and oxygen atoms in total. The molecule has 3 fully saturated rings. The molecule has 0 spiro atoms. The molecule has 0 aliphatic carbocycles. The van der Waals surface area contributed by atoms with E-state index in [4.69, 9.17) is 4.74 Å². The first-order valence-electron chi connectivity index (χ1n) is 8.72. The van der Waals surface area contributed by atoms with Gasteiger partial charge in [0.1, 0.15) is 0 Å². The molecule has 0 unspecified atom stereocenters. The van der Waals surface area contributed by atoms with Crippen molar-refractivity contribution in [1.82, 2.24) is 14.7 Å². The highest BCUT2D eigenvalue weighted by Crippen LogP contribution is 2.25. The van der Waals surface area contributed by atoms with E-state index in [1.807, 2.05) is 22.4 Å². The summed E-state index contributed by atoms with van der Waals surface area (Å²) in [5.41, 5.74) is 0. The van der Waals surface area contributed by atoms with Crippen LogP contribution in [-0.2, 0) is 4.74 Å². The highest BCUT2D eigenvalue weighted by atomic mass is 32.1. The van der Waals surface area contributed by atoms with Gasteiger partial charge >= 0.3 is 0 Å². The van der Waals surface area contributed by atoms with E-state index in [2.05, 4.69) is 9.80 Å². The van der Waals surface area contributed by atoms with Crippen LogP contribution < -0.4 is 0 Å². The van der Waals surface area contributed by atoms with Crippen molar-refractivity contribution in [2.45, 2.75) is 25.0 Å². The number of carbonyl (C=O) groups excluding carboxylic acids is 1. The van der Waals surface area contributed by atoms with Gasteiger partial charge in [-0.05, 0) is 37.4 Å². The van der Waals surface area contributed by atoms with Crippen molar-refractivity contribution in [2.75, 3.05) is 52.4 Å². The van der Waals surface area contributed by atoms with Crippen LogP contribution in [0.15, 0.2) is 17.5 Å². The molecule has 0 saturated carbocycles. The van der Waals surface area contributed by atoms with Crippen LogP contribution in [0, 0.1) is 0 Å². The zero-order chi connectivity index (χ0) is 15.6. The van der Waals surface area contributed by atoms with Crippen molar-refractivity contribution < 1.29 is 9.53 Å². The van der Waals surface area contributed by atoms with Crippen molar-refractivity contribution in [3.8, 4) is 0 Å². The molecule has 6 heteroatoms. The number of rotatable bonds is 4. The molecule has 3 aliphatic rings. The maximum Gasteiger partial charge on any atom is 0.264 e. The molecule has 0 radical (unpaired) electrons. The van der Waals surface area contributed by atoms with Gasteiger partial charge in [-0.3, -0.25) is 9.69 Å². The molecule has 23 heavy (non-hydrogen) atoms. The quantitative estimate of drug-likeness (QED) is 0.833. The highest BCUT2D eigenvalue weighted by Gasteiger charge is 2.42. The molecular weight excluding hydrogens is 310 g/mol. The van der Waals surface area contributed by atoms with E-state index in [0.717, 1.165) is 44.2 Å². The van der Waals surface area contributed by atoms with Gasteiger partial charge in [0, 0.05) is 32.7 Å². The van der Waals surface area contributed by atoms with Gasteiger partial charge < -0.3 is 14.5 Å². The largest absolute Gasteiger partial charge is 0.373 e. The van der Waals surface area contributed by atoms with E-state index in [9.17, 15) is 4.79 Å². The van der Waals surface area contributed by atoms with Crippen molar-refractivity contribution in [3.63, 3.8) is 0 Å². The summed E-state index contributed by atoms with van der Waals surface area (Å²) < 4.78 is 5.96. The average molecular weight is 335 g/mol. The lowest BCUT2D eigenvalue weighted by Crippen LogP contribution is -2.52. The lowest BCUT2D eigenvalue weighted by Gasteiger charge is -2.37.